The van der Waals surface area contributed by atoms with Gasteiger partial charge in [0.05, 0.1) is 5.54 Å². The number of rotatable bonds is 2. The van der Waals surface area contributed by atoms with Crippen LogP contribution in [0, 0.1) is 6.92 Å². The maximum atomic E-state index is 13.0. The SMILES string of the molecule is Cc1cc(C(=O)N2CC[C@]3(c4ccccc4)[C@@H](C2)OCC(=O)N3C)cc(=O)[nH]1.O=CO. The number of nitrogens with one attached hydrogen (secondary N) is 1. The van der Waals surface area contributed by atoms with Gasteiger partial charge >= 0.3 is 0 Å². The molecule has 2 aromatic rings. The minimum Gasteiger partial charge on any atom is -0.483 e. The van der Waals surface area contributed by atoms with Gasteiger partial charge in [0, 0.05) is 37.5 Å². The third-order valence-corrected chi connectivity index (χ3v) is 5.85. The molecule has 0 bridgehead atoms. The first kappa shape index (κ1) is 22.2. The van der Waals surface area contributed by atoms with E-state index in [1.54, 1.807) is 22.8 Å². The maximum absolute atomic E-state index is 13.0. The van der Waals surface area contributed by atoms with E-state index in [1.165, 1.54) is 6.07 Å². The van der Waals surface area contributed by atoms with Crippen LogP contribution in [0.2, 0.25) is 0 Å². The Morgan fingerprint density at radius 1 is 1.26 bits per heavy atom. The Balaban J connectivity index is 0.000000858. The number of aryl methyl sites for hydroxylation is 1. The number of nitrogens with zero attached hydrogens (tertiary/aromatic N) is 2. The summed E-state index contributed by atoms with van der Waals surface area (Å²) in [6.45, 7) is 2.33. The van der Waals surface area contributed by atoms with Gasteiger partial charge in [0.15, 0.2) is 0 Å². The number of benzene rings is 1. The molecule has 1 aromatic carbocycles. The van der Waals surface area contributed by atoms with Gasteiger partial charge in [-0.2, -0.15) is 0 Å². The summed E-state index contributed by atoms with van der Waals surface area (Å²) >= 11 is 0. The van der Waals surface area contributed by atoms with E-state index in [0.717, 1.165) is 5.56 Å². The number of carboxylic acid groups (broad SMARTS) is 1. The van der Waals surface area contributed by atoms with E-state index in [2.05, 4.69) is 4.98 Å². The van der Waals surface area contributed by atoms with Crippen LogP contribution in [0.5, 0.6) is 0 Å². The van der Waals surface area contributed by atoms with Gasteiger partial charge < -0.3 is 24.6 Å². The Bertz CT molecular complexity index is 1020. The van der Waals surface area contributed by atoms with Crippen LogP contribution >= 0.6 is 0 Å². The van der Waals surface area contributed by atoms with Crippen molar-refractivity contribution in [2.45, 2.75) is 25.0 Å². The van der Waals surface area contributed by atoms with E-state index in [0.29, 0.717) is 30.8 Å². The highest BCUT2D eigenvalue weighted by atomic mass is 16.5. The first-order chi connectivity index (χ1) is 14.8. The average Bonchev–Trinajstić information content (AvgIpc) is 2.76. The monoisotopic (exact) mass is 427 g/mol. The number of likely N-dealkylation sites (N-methyl/N-ethyl adjacent to an activating group) is 1. The normalized spacial score (nSPS) is 22.8. The first-order valence-electron chi connectivity index (χ1n) is 9.85. The number of H-pyrrole nitrogens is 1. The average molecular weight is 427 g/mol. The second-order valence-corrected chi connectivity index (χ2v) is 7.57. The number of aromatic amines is 1. The summed E-state index contributed by atoms with van der Waals surface area (Å²) in [5.74, 6) is -0.260. The van der Waals surface area contributed by atoms with Crippen LogP contribution < -0.4 is 5.56 Å². The Hall–Kier alpha value is -3.46. The van der Waals surface area contributed by atoms with Crippen molar-refractivity contribution < 1.29 is 24.2 Å². The molecule has 2 amide bonds. The maximum Gasteiger partial charge on any atom is 0.290 e. The minimum atomic E-state index is -0.600. The number of fused-ring (bicyclic) bond motifs is 1. The molecular weight excluding hydrogens is 402 g/mol. The molecule has 9 heteroatoms. The van der Waals surface area contributed by atoms with Crippen molar-refractivity contribution in [3.63, 3.8) is 0 Å². The van der Waals surface area contributed by atoms with Gasteiger partial charge in [-0.05, 0) is 25.0 Å². The molecule has 164 valence electrons. The van der Waals surface area contributed by atoms with E-state index in [1.807, 2.05) is 37.4 Å². The summed E-state index contributed by atoms with van der Waals surface area (Å²) in [7, 11) is 1.81. The van der Waals surface area contributed by atoms with Crippen molar-refractivity contribution in [3.8, 4) is 0 Å². The number of carbonyl (C=O) groups is 3. The van der Waals surface area contributed by atoms with Gasteiger partial charge in [-0.3, -0.25) is 19.2 Å². The molecule has 2 aliphatic heterocycles. The molecule has 2 fully saturated rings. The molecule has 0 spiro atoms. The zero-order valence-electron chi connectivity index (χ0n) is 17.4. The molecular formula is C22H25N3O6. The molecule has 9 nitrogen and oxygen atoms in total. The third kappa shape index (κ3) is 4.22. The Morgan fingerprint density at radius 2 is 1.94 bits per heavy atom. The standard InChI is InChI=1S/C21H23N3O4.CH2O2/c1-14-10-15(11-18(25)22-14)20(27)24-9-8-21(16-6-4-3-5-7-16)17(12-24)28-13-19(26)23(21)2;2-1-3/h3-7,10-11,17H,8-9,12-13H2,1-2H3,(H,22,25);1H,(H,2,3)/t17-,21+;/m1./s1. The predicted octanol–water partition coefficient (Wildman–Crippen LogP) is 0.983. The number of morpholine rings is 1. The summed E-state index contributed by atoms with van der Waals surface area (Å²) in [4.78, 5) is 51.7. The molecule has 0 aliphatic carbocycles. The highest BCUT2D eigenvalue weighted by Gasteiger charge is 2.53. The van der Waals surface area contributed by atoms with Crippen LogP contribution in [0.3, 0.4) is 0 Å². The van der Waals surface area contributed by atoms with Gasteiger partial charge in [-0.25, -0.2) is 0 Å². The fourth-order valence-corrected chi connectivity index (χ4v) is 4.40. The zero-order valence-corrected chi connectivity index (χ0v) is 17.4. The highest BCUT2D eigenvalue weighted by Crippen LogP contribution is 2.42. The summed E-state index contributed by atoms with van der Waals surface area (Å²) in [6, 6.07) is 12.8. The van der Waals surface area contributed by atoms with Crippen molar-refractivity contribution in [1.29, 1.82) is 0 Å². The lowest BCUT2D eigenvalue weighted by Crippen LogP contribution is -2.67. The predicted molar refractivity (Wildman–Crippen MR) is 112 cm³/mol. The van der Waals surface area contributed by atoms with Crippen molar-refractivity contribution in [1.82, 2.24) is 14.8 Å². The van der Waals surface area contributed by atoms with E-state index in [4.69, 9.17) is 14.6 Å². The van der Waals surface area contributed by atoms with Crippen molar-refractivity contribution >= 4 is 18.3 Å². The van der Waals surface area contributed by atoms with E-state index in [-0.39, 0.29) is 36.6 Å². The summed E-state index contributed by atoms with van der Waals surface area (Å²) < 4.78 is 5.93. The van der Waals surface area contributed by atoms with Crippen molar-refractivity contribution in [2.24, 2.45) is 0 Å². The minimum absolute atomic E-state index is 0.00188. The molecule has 0 saturated carbocycles. The summed E-state index contributed by atoms with van der Waals surface area (Å²) in [5, 5.41) is 6.89. The lowest BCUT2D eigenvalue weighted by molar-refractivity contribution is -0.180. The van der Waals surface area contributed by atoms with Gasteiger partial charge in [-0.1, -0.05) is 30.3 Å². The van der Waals surface area contributed by atoms with Crippen LogP contribution in [0.15, 0.2) is 47.3 Å². The van der Waals surface area contributed by atoms with Gasteiger partial charge in [0.1, 0.15) is 12.7 Å². The number of ether oxygens (including phenoxy) is 1. The zero-order chi connectivity index (χ0) is 22.6. The number of hydrogen-bond acceptors (Lipinski definition) is 5. The molecule has 1 aromatic heterocycles. The fourth-order valence-electron chi connectivity index (χ4n) is 4.40. The Morgan fingerprint density at radius 3 is 2.58 bits per heavy atom. The van der Waals surface area contributed by atoms with Gasteiger partial charge in [0.2, 0.25) is 11.5 Å². The van der Waals surface area contributed by atoms with Crippen LogP contribution in [-0.4, -0.2) is 71.0 Å². The summed E-state index contributed by atoms with van der Waals surface area (Å²) in [5.41, 5.74) is 1.13. The number of pyridine rings is 1. The van der Waals surface area contributed by atoms with Crippen LogP contribution in [0.25, 0.3) is 0 Å². The number of aromatic nitrogens is 1. The largest absolute Gasteiger partial charge is 0.483 e. The lowest BCUT2D eigenvalue weighted by Gasteiger charge is -2.54. The van der Waals surface area contributed by atoms with Crippen LogP contribution in [0.4, 0.5) is 0 Å². The highest BCUT2D eigenvalue weighted by molar-refractivity contribution is 5.94. The van der Waals surface area contributed by atoms with Crippen LogP contribution in [0.1, 0.15) is 28.0 Å². The molecule has 0 radical (unpaired) electrons. The number of piperidine rings is 1. The van der Waals surface area contributed by atoms with Gasteiger partial charge in [0.25, 0.3) is 12.4 Å². The molecule has 3 heterocycles. The van der Waals surface area contributed by atoms with E-state index in [9.17, 15) is 14.4 Å². The third-order valence-electron chi connectivity index (χ3n) is 5.85. The van der Waals surface area contributed by atoms with Crippen LogP contribution in [-0.2, 0) is 19.9 Å². The quantitative estimate of drug-likeness (QED) is 0.690. The second kappa shape index (κ2) is 9.13. The van der Waals surface area contributed by atoms with Crippen molar-refractivity contribution in [3.05, 3.63) is 69.6 Å². The fraction of sp³-hybridized carbons (Fsp3) is 0.364. The second-order valence-electron chi connectivity index (χ2n) is 7.57. The smallest absolute Gasteiger partial charge is 0.290 e. The van der Waals surface area contributed by atoms with E-state index >= 15 is 0 Å². The summed E-state index contributed by atoms with van der Waals surface area (Å²) in [6.07, 6.45) is 0.232. The molecule has 2 atom stereocenters. The molecule has 2 N–H and O–H groups in total. The Kier molecular flexibility index (Phi) is 6.55. The number of amides is 2. The van der Waals surface area contributed by atoms with Crippen molar-refractivity contribution in [2.75, 3.05) is 26.7 Å². The lowest BCUT2D eigenvalue weighted by atomic mass is 9.76. The molecule has 4 rings (SSSR count). The molecule has 0 unspecified atom stereocenters. The first-order valence-corrected chi connectivity index (χ1v) is 9.85. The molecule has 31 heavy (non-hydrogen) atoms. The van der Waals surface area contributed by atoms with Gasteiger partial charge in [-0.15, -0.1) is 0 Å². The topological polar surface area (TPSA) is 120 Å². The number of carbonyl (C=O) groups excluding carboxylic acids is 2. The number of hydrogen-bond donors (Lipinski definition) is 2. The number of likely N-dealkylation sites (tertiary alicyclic amines) is 1. The molecule has 2 saturated heterocycles. The molecule has 2 aliphatic rings. The Labute approximate surface area is 179 Å². The van der Waals surface area contributed by atoms with E-state index < -0.39 is 5.54 Å².